The van der Waals surface area contributed by atoms with Gasteiger partial charge in [-0.3, -0.25) is 0 Å². The van der Waals surface area contributed by atoms with Gasteiger partial charge >= 0.3 is 0 Å². The van der Waals surface area contributed by atoms with Crippen molar-refractivity contribution < 1.29 is 0 Å². The van der Waals surface area contributed by atoms with Crippen molar-refractivity contribution in [2.75, 3.05) is 0 Å². The lowest BCUT2D eigenvalue weighted by atomic mass is 9.90. The molecule has 78 valence electrons. The summed E-state index contributed by atoms with van der Waals surface area (Å²) in [5.74, 6) is 0.715. The van der Waals surface area contributed by atoms with E-state index in [1.165, 1.54) is 31.3 Å². The lowest BCUT2D eigenvalue weighted by Gasteiger charge is -2.19. The highest BCUT2D eigenvalue weighted by atomic mass is 14.8. The highest BCUT2D eigenvalue weighted by Gasteiger charge is 2.11. The van der Waals surface area contributed by atoms with Crippen LogP contribution < -0.4 is 5.32 Å². The number of unbranched alkanes of at least 4 members (excludes halogenated alkanes) is 1. The molecule has 0 aromatic carbocycles. The molecule has 0 aliphatic carbocycles. The van der Waals surface area contributed by atoms with Crippen LogP contribution in [0.3, 0.4) is 0 Å². The molecule has 0 fully saturated rings. The SMILES string of the molecule is C=C1C=CC(C(CC)CCCC)=CN1. The van der Waals surface area contributed by atoms with Crippen molar-refractivity contribution in [3.63, 3.8) is 0 Å². The van der Waals surface area contributed by atoms with Crippen LogP contribution >= 0.6 is 0 Å². The average Bonchev–Trinajstić information content (AvgIpc) is 2.21. The van der Waals surface area contributed by atoms with Crippen molar-refractivity contribution >= 4 is 0 Å². The molecule has 0 aromatic heterocycles. The largest absolute Gasteiger partial charge is 0.362 e. The summed E-state index contributed by atoms with van der Waals surface area (Å²) >= 11 is 0. The smallest absolute Gasteiger partial charge is 0.0306 e. The molecule has 1 N–H and O–H groups in total. The van der Waals surface area contributed by atoms with Crippen molar-refractivity contribution in [1.29, 1.82) is 0 Å². The van der Waals surface area contributed by atoms with Crippen molar-refractivity contribution in [1.82, 2.24) is 5.32 Å². The lowest BCUT2D eigenvalue weighted by Crippen LogP contribution is -2.11. The summed E-state index contributed by atoms with van der Waals surface area (Å²) in [6.07, 6.45) is 11.5. The van der Waals surface area contributed by atoms with Crippen molar-refractivity contribution in [3.05, 3.63) is 36.2 Å². The Morgan fingerprint density at radius 1 is 1.36 bits per heavy atom. The van der Waals surface area contributed by atoms with E-state index in [1.54, 1.807) is 0 Å². The number of hydrogen-bond donors (Lipinski definition) is 1. The molecule has 0 spiro atoms. The Kier molecular flexibility index (Phi) is 4.51. The molecule has 1 atom stereocenters. The zero-order chi connectivity index (χ0) is 10.4. The molecule has 1 heteroatoms. The second-order valence-corrected chi connectivity index (χ2v) is 3.89. The monoisotopic (exact) mass is 191 g/mol. The molecule has 1 heterocycles. The maximum absolute atomic E-state index is 3.85. The van der Waals surface area contributed by atoms with Gasteiger partial charge in [-0.05, 0) is 30.4 Å². The van der Waals surface area contributed by atoms with E-state index in [-0.39, 0.29) is 0 Å². The Morgan fingerprint density at radius 3 is 2.64 bits per heavy atom. The highest BCUT2D eigenvalue weighted by molar-refractivity contribution is 5.33. The number of hydrogen-bond acceptors (Lipinski definition) is 1. The van der Waals surface area contributed by atoms with Crippen molar-refractivity contribution in [2.24, 2.45) is 5.92 Å². The molecule has 14 heavy (non-hydrogen) atoms. The molecule has 1 nitrogen and oxygen atoms in total. The van der Waals surface area contributed by atoms with Gasteiger partial charge in [0, 0.05) is 11.9 Å². The van der Waals surface area contributed by atoms with Gasteiger partial charge in [-0.1, -0.05) is 39.3 Å². The molecule has 0 saturated heterocycles. The first-order chi connectivity index (χ1) is 6.77. The summed E-state index contributed by atoms with van der Waals surface area (Å²) in [6, 6.07) is 0. The fourth-order valence-corrected chi connectivity index (χ4v) is 1.78. The first kappa shape index (κ1) is 11.1. The highest BCUT2D eigenvalue weighted by Crippen LogP contribution is 2.24. The van der Waals surface area contributed by atoms with Gasteiger partial charge in [-0.2, -0.15) is 0 Å². The third-order valence-corrected chi connectivity index (χ3v) is 2.77. The number of dihydropyridines is 1. The molecule has 0 radical (unpaired) electrons. The molecule has 1 unspecified atom stereocenters. The molecular weight excluding hydrogens is 170 g/mol. The second kappa shape index (κ2) is 5.69. The topological polar surface area (TPSA) is 12.0 Å². The van der Waals surface area contributed by atoms with Gasteiger partial charge in [-0.25, -0.2) is 0 Å². The van der Waals surface area contributed by atoms with E-state index in [2.05, 4.69) is 44.1 Å². The zero-order valence-corrected chi connectivity index (χ0v) is 9.34. The second-order valence-electron chi connectivity index (χ2n) is 3.89. The first-order valence-corrected chi connectivity index (χ1v) is 5.61. The Labute approximate surface area is 87.6 Å². The fourth-order valence-electron chi connectivity index (χ4n) is 1.78. The Balaban J connectivity index is 2.53. The number of rotatable bonds is 5. The summed E-state index contributed by atoms with van der Waals surface area (Å²) < 4.78 is 0. The molecule has 1 aliphatic rings. The zero-order valence-electron chi connectivity index (χ0n) is 9.34. The third-order valence-electron chi connectivity index (χ3n) is 2.77. The normalized spacial score (nSPS) is 17.6. The van der Waals surface area contributed by atoms with Gasteiger partial charge in [0.1, 0.15) is 0 Å². The van der Waals surface area contributed by atoms with Crippen LogP contribution in [-0.2, 0) is 0 Å². The minimum Gasteiger partial charge on any atom is -0.362 e. The summed E-state index contributed by atoms with van der Waals surface area (Å²) in [7, 11) is 0. The molecule has 0 aromatic rings. The van der Waals surface area contributed by atoms with Crippen LogP contribution in [0, 0.1) is 5.92 Å². The van der Waals surface area contributed by atoms with Gasteiger partial charge in [0.25, 0.3) is 0 Å². The van der Waals surface area contributed by atoms with E-state index >= 15 is 0 Å². The van der Waals surface area contributed by atoms with Crippen LogP contribution in [0.5, 0.6) is 0 Å². The molecule has 0 bridgehead atoms. The quantitative estimate of drug-likeness (QED) is 0.697. The first-order valence-electron chi connectivity index (χ1n) is 5.61. The summed E-state index contributed by atoms with van der Waals surface area (Å²) in [4.78, 5) is 0. The van der Waals surface area contributed by atoms with Crippen LogP contribution in [-0.4, -0.2) is 0 Å². The van der Waals surface area contributed by atoms with Crippen molar-refractivity contribution in [2.45, 2.75) is 39.5 Å². The van der Waals surface area contributed by atoms with Crippen LogP contribution in [0.2, 0.25) is 0 Å². The molecule has 1 aliphatic heterocycles. The van der Waals surface area contributed by atoms with Crippen LogP contribution in [0.15, 0.2) is 36.2 Å². The van der Waals surface area contributed by atoms with Gasteiger partial charge in [0.05, 0.1) is 0 Å². The standard InChI is InChI=1S/C13H21N/c1-4-6-7-12(5-2)13-9-8-11(3)14-10-13/h8-10,12,14H,3-7H2,1-2H3. The van der Waals surface area contributed by atoms with E-state index in [0.717, 1.165) is 5.70 Å². The molecule has 0 amide bonds. The summed E-state index contributed by atoms with van der Waals surface area (Å²) in [6.45, 7) is 8.36. The van der Waals surface area contributed by atoms with Crippen LogP contribution in [0.4, 0.5) is 0 Å². The van der Waals surface area contributed by atoms with E-state index < -0.39 is 0 Å². The Hall–Kier alpha value is -0.980. The minimum absolute atomic E-state index is 0.715. The van der Waals surface area contributed by atoms with E-state index in [0.29, 0.717) is 5.92 Å². The van der Waals surface area contributed by atoms with E-state index in [4.69, 9.17) is 0 Å². The maximum Gasteiger partial charge on any atom is 0.0306 e. The van der Waals surface area contributed by atoms with E-state index in [1.807, 2.05) is 0 Å². The Morgan fingerprint density at radius 2 is 2.14 bits per heavy atom. The average molecular weight is 191 g/mol. The molecular formula is C13H21N. The lowest BCUT2D eigenvalue weighted by molar-refractivity contribution is 0.520. The predicted octanol–water partition coefficient (Wildman–Crippen LogP) is 3.76. The summed E-state index contributed by atoms with van der Waals surface area (Å²) in [5.41, 5.74) is 2.41. The third kappa shape index (κ3) is 3.06. The minimum atomic E-state index is 0.715. The number of allylic oxidation sites excluding steroid dienone is 3. The van der Waals surface area contributed by atoms with Crippen LogP contribution in [0.25, 0.3) is 0 Å². The molecule has 1 rings (SSSR count). The van der Waals surface area contributed by atoms with Gasteiger partial charge in [-0.15, -0.1) is 0 Å². The van der Waals surface area contributed by atoms with Gasteiger partial charge in [0.15, 0.2) is 0 Å². The van der Waals surface area contributed by atoms with Gasteiger partial charge < -0.3 is 5.32 Å². The molecule has 0 saturated carbocycles. The predicted molar refractivity (Wildman–Crippen MR) is 62.8 cm³/mol. The van der Waals surface area contributed by atoms with Crippen molar-refractivity contribution in [3.8, 4) is 0 Å². The number of nitrogens with one attached hydrogen (secondary N) is 1. The maximum atomic E-state index is 3.85. The van der Waals surface area contributed by atoms with E-state index in [9.17, 15) is 0 Å². The van der Waals surface area contributed by atoms with Crippen LogP contribution in [0.1, 0.15) is 39.5 Å². The summed E-state index contributed by atoms with van der Waals surface area (Å²) in [5, 5.41) is 3.18. The fraction of sp³-hybridized carbons (Fsp3) is 0.538. The Bertz CT molecular complexity index is 248. The van der Waals surface area contributed by atoms with Gasteiger partial charge in [0.2, 0.25) is 0 Å².